The Labute approximate surface area is 309 Å². The molecule has 6 aromatic rings. The summed E-state index contributed by atoms with van der Waals surface area (Å²) in [7, 11) is 2.11. The molecule has 6 heteroatoms. The summed E-state index contributed by atoms with van der Waals surface area (Å²) in [6.07, 6.45) is 4.15. The van der Waals surface area contributed by atoms with Crippen molar-refractivity contribution in [2.75, 3.05) is 21.7 Å². The van der Waals surface area contributed by atoms with Gasteiger partial charge in [-0.2, -0.15) is 18.8 Å². The number of rotatable bonds is 7. The molecular weight excluding hydrogens is 796 g/mol. The van der Waals surface area contributed by atoms with Crippen LogP contribution in [0.2, 0.25) is 0 Å². The van der Waals surface area contributed by atoms with Gasteiger partial charge >= 0.3 is 21.1 Å². The molecule has 5 nitrogen and oxygen atoms in total. The number of para-hydroxylation sites is 2. The van der Waals surface area contributed by atoms with Gasteiger partial charge in [0, 0.05) is 39.5 Å². The monoisotopic (exact) mass is 831 g/mol. The van der Waals surface area contributed by atoms with Crippen molar-refractivity contribution in [2.45, 2.75) is 19.4 Å². The van der Waals surface area contributed by atoms with E-state index in [4.69, 9.17) is 4.74 Å². The van der Waals surface area contributed by atoms with Crippen molar-refractivity contribution in [3.8, 4) is 33.8 Å². The van der Waals surface area contributed by atoms with Gasteiger partial charge in [0.05, 0.1) is 0 Å². The van der Waals surface area contributed by atoms with E-state index in [2.05, 4.69) is 188 Å². The molecule has 248 valence electrons. The summed E-state index contributed by atoms with van der Waals surface area (Å²) < 4.78 is 6.39. The zero-order chi connectivity index (χ0) is 33.4. The number of anilines is 4. The molecule has 0 atom stereocenters. The number of ether oxygens (including phenoxy) is 1. The Kier molecular flexibility index (Phi) is 9.37. The topological polar surface area (TPSA) is 22.2 Å². The largest absolute Gasteiger partial charge is 4.00 e. The average Bonchev–Trinajstić information content (AvgIpc) is 3.64. The van der Waals surface area contributed by atoms with Gasteiger partial charge in [0.25, 0.3) is 0 Å². The first-order chi connectivity index (χ1) is 24.0. The number of nitrogens with zero attached hydrogens (tertiary/aromatic N) is 4. The third kappa shape index (κ3) is 6.35. The normalized spacial score (nSPS) is 15.1. The maximum absolute atomic E-state index is 6.39. The van der Waals surface area contributed by atoms with Gasteiger partial charge in [-0.05, 0) is 56.1 Å². The number of fused-ring (bicyclic) bond motifs is 1. The zero-order valence-electron chi connectivity index (χ0n) is 28.1. The molecule has 0 aliphatic carbocycles. The Bertz CT molecular complexity index is 2070. The van der Waals surface area contributed by atoms with Crippen molar-refractivity contribution in [3.05, 3.63) is 183 Å². The molecule has 0 spiro atoms. The van der Waals surface area contributed by atoms with Gasteiger partial charge in [-0.3, -0.25) is 0 Å². The fourth-order valence-electron chi connectivity index (χ4n) is 6.52. The SMILES string of the molecule is CN1[CH-]N(c2[c-]c(Oc3[c-]c(N4C=CN(c5c(-c6ccccc6)cccc5-c5ccccc5)[CH-]4)ccc3)ccc2)c2ccccc2C1(C)C.[Pt+4]. The van der Waals surface area contributed by atoms with Crippen LogP contribution < -0.4 is 19.4 Å². The Hall–Kier alpha value is -5.09. The Morgan fingerprint density at radius 2 is 1.10 bits per heavy atom. The minimum atomic E-state index is -0.125. The van der Waals surface area contributed by atoms with Crippen LogP contribution in [0.4, 0.5) is 22.7 Å². The summed E-state index contributed by atoms with van der Waals surface area (Å²) in [5, 5.41) is 0. The Morgan fingerprint density at radius 3 is 1.76 bits per heavy atom. The average molecular weight is 832 g/mol. The van der Waals surface area contributed by atoms with Crippen molar-refractivity contribution in [3.63, 3.8) is 0 Å². The minimum absolute atomic E-state index is 0. The number of hydrogen-bond acceptors (Lipinski definition) is 5. The van der Waals surface area contributed by atoms with Crippen LogP contribution in [-0.2, 0) is 26.6 Å². The van der Waals surface area contributed by atoms with Crippen LogP contribution in [0.5, 0.6) is 11.5 Å². The van der Waals surface area contributed by atoms with Crippen LogP contribution in [0.1, 0.15) is 19.4 Å². The van der Waals surface area contributed by atoms with E-state index in [-0.39, 0.29) is 26.6 Å². The van der Waals surface area contributed by atoms with Gasteiger partial charge in [0.1, 0.15) is 0 Å². The summed E-state index contributed by atoms with van der Waals surface area (Å²) in [6.45, 7) is 8.70. The van der Waals surface area contributed by atoms with Gasteiger partial charge in [-0.1, -0.05) is 97.1 Å². The molecule has 0 radical (unpaired) electrons. The van der Waals surface area contributed by atoms with Crippen LogP contribution in [0.3, 0.4) is 0 Å². The van der Waals surface area contributed by atoms with Crippen LogP contribution in [0, 0.1) is 25.5 Å². The molecule has 6 aromatic carbocycles. The van der Waals surface area contributed by atoms with E-state index in [0.717, 1.165) is 45.0 Å². The molecule has 0 amide bonds. The standard InChI is InChI=1S/C44H36N4O.Pt/c1-44(2)41-25-10-11-26-42(41)48(31-45(44)3)36-20-13-22-38(30-36)49-37-21-12-19-35(29-37)46-27-28-47(32-46)43-39(33-15-6-4-7-16-33)23-14-24-40(43)34-17-8-5-9-18-34;/h4-28,31-32H,1-3H3;/q-4;+4. The number of benzene rings is 6. The minimum Gasteiger partial charge on any atom is -0.509 e. The molecular formula is C44H36N4OPt. The first kappa shape index (κ1) is 33.4. The van der Waals surface area contributed by atoms with Crippen LogP contribution in [0.25, 0.3) is 22.3 Å². The van der Waals surface area contributed by atoms with Crippen LogP contribution in [0.15, 0.2) is 152 Å². The van der Waals surface area contributed by atoms with Gasteiger partial charge < -0.3 is 24.3 Å². The summed E-state index contributed by atoms with van der Waals surface area (Å²) >= 11 is 0. The van der Waals surface area contributed by atoms with Gasteiger partial charge in [0.2, 0.25) is 0 Å². The van der Waals surface area contributed by atoms with Gasteiger partial charge in [0.15, 0.2) is 0 Å². The van der Waals surface area contributed by atoms with Crippen LogP contribution in [-0.4, -0.2) is 11.9 Å². The predicted molar refractivity (Wildman–Crippen MR) is 200 cm³/mol. The molecule has 2 aliphatic rings. The molecule has 0 aromatic heterocycles. The first-order valence-corrected chi connectivity index (χ1v) is 16.5. The molecule has 2 aliphatic heterocycles. The molecule has 0 unspecified atom stereocenters. The second-order valence-corrected chi connectivity index (χ2v) is 12.7. The molecule has 0 N–H and O–H groups in total. The number of hydrogen-bond donors (Lipinski definition) is 0. The third-order valence-electron chi connectivity index (χ3n) is 9.36. The van der Waals surface area contributed by atoms with E-state index < -0.39 is 0 Å². The van der Waals surface area contributed by atoms with Gasteiger partial charge in [-0.15, -0.1) is 54.4 Å². The second kappa shape index (κ2) is 14.0. The van der Waals surface area contributed by atoms with Gasteiger partial charge in [-0.25, -0.2) is 0 Å². The van der Waals surface area contributed by atoms with E-state index in [0.29, 0.717) is 11.5 Å². The summed E-state index contributed by atoms with van der Waals surface area (Å²) in [6, 6.07) is 55.0. The Balaban J connectivity index is 0.00000392. The molecule has 0 fully saturated rings. The van der Waals surface area contributed by atoms with E-state index in [1.54, 1.807) is 0 Å². The molecule has 2 heterocycles. The maximum Gasteiger partial charge on any atom is 4.00 e. The molecule has 8 rings (SSSR count). The van der Waals surface area contributed by atoms with Crippen molar-refractivity contribution < 1.29 is 25.8 Å². The third-order valence-corrected chi connectivity index (χ3v) is 9.36. The van der Waals surface area contributed by atoms with Crippen molar-refractivity contribution in [1.29, 1.82) is 0 Å². The Morgan fingerprint density at radius 1 is 0.560 bits per heavy atom. The first-order valence-electron chi connectivity index (χ1n) is 16.5. The molecule has 0 saturated carbocycles. The smallest absolute Gasteiger partial charge is 0.509 e. The van der Waals surface area contributed by atoms with Crippen LogP contribution >= 0.6 is 0 Å². The molecule has 0 bridgehead atoms. The van der Waals surface area contributed by atoms with E-state index in [1.807, 2.05) is 30.3 Å². The predicted octanol–water partition coefficient (Wildman–Crippen LogP) is 10.8. The summed E-state index contributed by atoms with van der Waals surface area (Å²) in [5.74, 6) is 1.23. The maximum atomic E-state index is 6.39. The van der Waals surface area contributed by atoms with E-state index in [9.17, 15) is 0 Å². The van der Waals surface area contributed by atoms with Crippen molar-refractivity contribution in [1.82, 2.24) is 4.90 Å². The summed E-state index contributed by atoms with van der Waals surface area (Å²) in [5.41, 5.74) is 9.80. The second-order valence-electron chi connectivity index (χ2n) is 12.7. The van der Waals surface area contributed by atoms with E-state index in [1.165, 1.54) is 5.56 Å². The van der Waals surface area contributed by atoms with Crippen molar-refractivity contribution in [2.24, 2.45) is 0 Å². The van der Waals surface area contributed by atoms with E-state index >= 15 is 0 Å². The molecule has 50 heavy (non-hydrogen) atoms. The zero-order valence-corrected chi connectivity index (χ0v) is 30.4. The van der Waals surface area contributed by atoms with Crippen molar-refractivity contribution >= 4 is 22.7 Å². The fourth-order valence-corrected chi connectivity index (χ4v) is 6.52. The fraction of sp³-hybridized carbons (Fsp3) is 0.0909. The quantitative estimate of drug-likeness (QED) is 0.149. The summed E-state index contributed by atoms with van der Waals surface area (Å²) in [4.78, 5) is 8.66. The molecule has 0 saturated heterocycles.